The summed E-state index contributed by atoms with van der Waals surface area (Å²) in [5.74, 6) is 0.183. The lowest BCUT2D eigenvalue weighted by atomic mass is 10.1. The summed E-state index contributed by atoms with van der Waals surface area (Å²) in [4.78, 5) is 5.39. The molecule has 29 heavy (non-hydrogen) atoms. The molecule has 1 heterocycles. The molecule has 0 aliphatic carbocycles. The fourth-order valence-electron chi connectivity index (χ4n) is 2.92. The molecule has 1 aromatic carbocycles. The molecule has 1 fully saturated rings. The Balaban J connectivity index is 0.00000420. The van der Waals surface area contributed by atoms with Gasteiger partial charge in [0.2, 0.25) is 0 Å². The van der Waals surface area contributed by atoms with E-state index < -0.39 is 19.1 Å². The number of aliphatic imine (C=N–C) groups is 1. The number of benzene rings is 1. The van der Waals surface area contributed by atoms with Crippen molar-refractivity contribution in [2.24, 2.45) is 4.99 Å². The number of alkyl halides is 6. The van der Waals surface area contributed by atoms with Crippen molar-refractivity contribution in [3.8, 4) is 5.75 Å². The van der Waals surface area contributed by atoms with Crippen molar-refractivity contribution >= 4 is 29.9 Å². The molecule has 0 spiro atoms. The molecule has 1 unspecified atom stereocenters. The highest BCUT2D eigenvalue weighted by Gasteiger charge is 2.34. The summed E-state index contributed by atoms with van der Waals surface area (Å²) < 4.78 is 77.5. The Morgan fingerprint density at radius 2 is 1.83 bits per heavy atom. The molecule has 0 bridgehead atoms. The summed E-state index contributed by atoms with van der Waals surface area (Å²) in [6.45, 7) is 0.171. The van der Waals surface area contributed by atoms with Crippen molar-refractivity contribution in [3.05, 3.63) is 29.8 Å². The highest BCUT2D eigenvalue weighted by atomic mass is 127. The van der Waals surface area contributed by atoms with E-state index in [4.69, 9.17) is 0 Å². The monoisotopic (exact) mass is 540 g/mol. The average Bonchev–Trinajstić information content (AvgIpc) is 2.99. The normalized spacial score (nSPS) is 18.3. The van der Waals surface area contributed by atoms with Crippen LogP contribution in [0.4, 0.5) is 26.3 Å². The second-order valence-electron chi connectivity index (χ2n) is 6.42. The van der Waals surface area contributed by atoms with E-state index in [1.54, 1.807) is 7.05 Å². The van der Waals surface area contributed by atoms with Gasteiger partial charge in [0, 0.05) is 32.7 Å². The zero-order valence-corrected chi connectivity index (χ0v) is 17.9. The van der Waals surface area contributed by atoms with Crippen molar-refractivity contribution in [3.63, 3.8) is 0 Å². The van der Waals surface area contributed by atoms with Crippen LogP contribution in [-0.2, 0) is 6.42 Å². The van der Waals surface area contributed by atoms with Gasteiger partial charge in [-0.15, -0.1) is 37.1 Å². The molecule has 1 aliphatic heterocycles. The number of nitrogens with one attached hydrogen (secondary N) is 2. The number of nitrogens with zero attached hydrogens (tertiary/aromatic N) is 2. The van der Waals surface area contributed by atoms with Crippen molar-refractivity contribution in [1.82, 2.24) is 15.5 Å². The molecule has 0 aromatic heterocycles. The van der Waals surface area contributed by atoms with E-state index in [2.05, 4.69) is 20.4 Å². The molecule has 2 rings (SSSR count). The van der Waals surface area contributed by atoms with E-state index in [0.717, 1.165) is 5.56 Å². The molecular weight excluding hydrogens is 517 g/mol. The van der Waals surface area contributed by atoms with Gasteiger partial charge in [-0.3, -0.25) is 9.89 Å². The van der Waals surface area contributed by atoms with Gasteiger partial charge in [-0.25, -0.2) is 0 Å². The second kappa shape index (κ2) is 11.1. The number of likely N-dealkylation sites (tertiary alicyclic amines) is 1. The first kappa shape index (κ1) is 25.6. The summed E-state index contributed by atoms with van der Waals surface area (Å²) in [6, 6.07) is 5.41. The standard InChI is InChI=1S/C17H22F6N4O.HI/c1-24-15(26-13-7-9-27(10-13)11-16(18,19)20)25-8-6-12-2-4-14(5-3-12)28-17(21,22)23;/h2-5,13H,6-11H2,1H3,(H2,24,25,26);1H. The molecule has 5 nitrogen and oxygen atoms in total. The molecular formula is C17H23F6IN4O. The van der Waals surface area contributed by atoms with Crippen molar-refractivity contribution in [1.29, 1.82) is 0 Å². The van der Waals surface area contributed by atoms with Crippen molar-refractivity contribution < 1.29 is 31.1 Å². The second-order valence-corrected chi connectivity index (χ2v) is 6.42. The third-order valence-electron chi connectivity index (χ3n) is 4.10. The van der Waals surface area contributed by atoms with Gasteiger partial charge in [-0.2, -0.15) is 13.2 Å². The predicted molar refractivity (Wildman–Crippen MR) is 108 cm³/mol. The van der Waals surface area contributed by atoms with E-state index in [9.17, 15) is 26.3 Å². The van der Waals surface area contributed by atoms with E-state index >= 15 is 0 Å². The van der Waals surface area contributed by atoms with Crippen LogP contribution < -0.4 is 15.4 Å². The molecule has 12 heteroatoms. The van der Waals surface area contributed by atoms with E-state index in [0.29, 0.717) is 31.9 Å². The van der Waals surface area contributed by atoms with Gasteiger partial charge in [-0.1, -0.05) is 12.1 Å². The Labute approximate surface area is 181 Å². The largest absolute Gasteiger partial charge is 0.573 e. The first-order valence-corrected chi connectivity index (χ1v) is 8.65. The SMILES string of the molecule is CN=C(NCCc1ccc(OC(F)(F)F)cc1)NC1CCN(CC(F)(F)F)C1.I. The van der Waals surface area contributed by atoms with Crippen LogP contribution in [0.1, 0.15) is 12.0 Å². The molecule has 1 atom stereocenters. The minimum atomic E-state index is -4.73. The molecule has 166 valence electrons. The van der Waals surface area contributed by atoms with Crippen LogP contribution in [0, 0.1) is 0 Å². The minimum Gasteiger partial charge on any atom is -0.406 e. The Kier molecular flexibility index (Phi) is 9.79. The van der Waals surface area contributed by atoms with Crippen LogP contribution in [0.5, 0.6) is 5.75 Å². The summed E-state index contributed by atoms with van der Waals surface area (Å²) in [5, 5.41) is 6.14. The van der Waals surface area contributed by atoms with Gasteiger partial charge in [0.25, 0.3) is 0 Å². The van der Waals surface area contributed by atoms with Crippen molar-refractivity contribution in [2.45, 2.75) is 31.4 Å². The lowest BCUT2D eigenvalue weighted by Crippen LogP contribution is -2.45. The average molecular weight is 540 g/mol. The molecule has 1 aliphatic rings. The first-order chi connectivity index (χ1) is 13.0. The number of halogens is 7. The smallest absolute Gasteiger partial charge is 0.406 e. The first-order valence-electron chi connectivity index (χ1n) is 8.65. The number of guanidine groups is 1. The Bertz CT molecular complexity index is 651. The van der Waals surface area contributed by atoms with Crippen molar-refractivity contribution in [2.75, 3.05) is 33.2 Å². The third-order valence-corrected chi connectivity index (χ3v) is 4.10. The van der Waals surface area contributed by atoms with Crippen LogP contribution in [-0.4, -0.2) is 62.7 Å². The van der Waals surface area contributed by atoms with Gasteiger partial charge in [0.1, 0.15) is 5.75 Å². The van der Waals surface area contributed by atoms with E-state index in [-0.39, 0.29) is 42.3 Å². The number of hydrogen-bond acceptors (Lipinski definition) is 3. The molecule has 0 amide bonds. The van der Waals surface area contributed by atoms with Gasteiger partial charge in [0.05, 0.1) is 6.54 Å². The number of rotatable bonds is 6. The van der Waals surface area contributed by atoms with Crippen LogP contribution in [0.3, 0.4) is 0 Å². The highest BCUT2D eigenvalue weighted by Crippen LogP contribution is 2.23. The van der Waals surface area contributed by atoms with Gasteiger partial charge in [-0.05, 0) is 30.5 Å². The maximum atomic E-state index is 12.4. The van der Waals surface area contributed by atoms with E-state index in [1.165, 1.54) is 29.2 Å². The summed E-state index contributed by atoms with van der Waals surface area (Å²) >= 11 is 0. The predicted octanol–water partition coefficient (Wildman–Crippen LogP) is 3.55. The molecule has 0 saturated carbocycles. The summed E-state index contributed by atoms with van der Waals surface area (Å²) in [7, 11) is 1.56. The highest BCUT2D eigenvalue weighted by molar-refractivity contribution is 14.0. The number of ether oxygens (including phenoxy) is 1. The van der Waals surface area contributed by atoms with Crippen LogP contribution in [0.2, 0.25) is 0 Å². The quantitative estimate of drug-likeness (QED) is 0.251. The molecule has 2 N–H and O–H groups in total. The van der Waals surface area contributed by atoms with Crippen LogP contribution in [0.25, 0.3) is 0 Å². The van der Waals surface area contributed by atoms with E-state index in [1.807, 2.05) is 0 Å². The lowest BCUT2D eigenvalue weighted by molar-refractivity contribution is -0.274. The lowest BCUT2D eigenvalue weighted by Gasteiger charge is -2.19. The summed E-state index contributed by atoms with van der Waals surface area (Å²) in [5.41, 5.74) is 0.801. The van der Waals surface area contributed by atoms with Gasteiger partial charge >= 0.3 is 12.5 Å². The molecule has 1 saturated heterocycles. The number of hydrogen-bond donors (Lipinski definition) is 2. The minimum absolute atomic E-state index is 0. The Hall–Kier alpha value is -1.44. The van der Waals surface area contributed by atoms with Crippen LogP contribution in [0.15, 0.2) is 29.3 Å². The Morgan fingerprint density at radius 1 is 1.17 bits per heavy atom. The zero-order valence-electron chi connectivity index (χ0n) is 15.6. The topological polar surface area (TPSA) is 48.9 Å². The fraction of sp³-hybridized carbons (Fsp3) is 0.588. The fourth-order valence-corrected chi connectivity index (χ4v) is 2.92. The summed E-state index contributed by atoms with van der Waals surface area (Å²) in [6.07, 6.45) is -7.83. The molecule has 1 aromatic rings. The maximum Gasteiger partial charge on any atom is 0.573 e. The van der Waals surface area contributed by atoms with Crippen LogP contribution >= 0.6 is 24.0 Å². The van der Waals surface area contributed by atoms with Gasteiger partial charge < -0.3 is 15.4 Å². The maximum absolute atomic E-state index is 12.4. The van der Waals surface area contributed by atoms with Gasteiger partial charge in [0.15, 0.2) is 5.96 Å². The Morgan fingerprint density at radius 3 is 2.38 bits per heavy atom. The third kappa shape index (κ3) is 10.2. The zero-order chi connectivity index (χ0) is 20.8. The molecule has 0 radical (unpaired) electrons.